The third-order valence-corrected chi connectivity index (χ3v) is 6.88. The SMILES string of the molecule is CCOc1ccc2[nH]c(=O)c([C@@H](c3nnnn3CCOC)N3CCN(c4ccc(OC)cc4)CC3)cc2c1. The number of hydrogen-bond donors (Lipinski definition) is 1. The van der Waals surface area contributed by atoms with Crippen LogP contribution in [0.2, 0.25) is 0 Å². The molecule has 3 heterocycles. The summed E-state index contributed by atoms with van der Waals surface area (Å²) < 4.78 is 18.0. The van der Waals surface area contributed by atoms with E-state index in [0.717, 1.165) is 54.3 Å². The second-order valence-electron chi connectivity index (χ2n) is 9.11. The molecule has 11 heteroatoms. The minimum atomic E-state index is -0.427. The Bertz CT molecular complexity index is 1410. The van der Waals surface area contributed by atoms with E-state index in [1.165, 1.54) is 0 Å². The zero-order chi connectivity index (χ0) is 26.5. The van der Waals surface area contributed by atoms with Crippen molar-refractivity contribution in [3.05, 3.63) is 70.3 Å². The van der Waals surface area contributed by atoms with Gasteiger partial charge in [-0.15, -0.1) is 5.10 Å². The van der Waals surface area contributed by atoms with E-state index in [9.17, 15) is 4.79 Å². The highest BCUT2D eigenvalue weighted by molar-refractivity contribution is 5.80. The van der Waals surface area contributed by atoms with Crippen molar-refractivity contribution in [2.75, 3.05) is 58.5 Å². The van der Waals surface area contributed by atoms with E-state index < -0.39 is 6.04 Å². The molecule has 0 amide bonds. The summed E-state index contributed by atoms with van der Waals surface area (Å²) in [5.74, 6) is 2.21. The number of ether oxygens (including phenoxy) is 3. The largest absolute Gasteiger partial charge is 0.497 e. The number of piperazine rings is 1. The smallest absolute Gasteiger partial charge is 0.253 e. The van der Waals surface area contributed by atoms with E-state index in [0.29, 0.717) is 31.1 Å². The lowest BCUT2D eigenvalue weighted by molar-refractivity contribution is 0.171. The molecule has 0 aliphatic carbocycles. The van der Waals surface area contributed by atoms with Gasteiger partial charge in [-0.1, -0.05) is 0 Å². The van der Waals surface area contributed by atoms with Gasteiger partial charge in [0.25, 0.3) is 5.56 Å². The van der Waals surface area contributed by atoms with Crippen LogP contribution < -0.4 is 19.9 Å². The molecule has 0 unspecified atom stereocenters. The molecule has 1 aliphatic heterocycles. The monoisotopic (exact) mass is 519 g/mol. The molecule has 0 spiro atoms. The molecule has 1 atom stereocenters. The first-order valence-corrected chi connectivity index (χ1v) is 12.8. The summed E-state index contributed by atoms with van der Waals surface area (Å²) in [5.41, 5.74) is 2.33. The molecule has 11 nitrogen and oxygen atoms in total. The third-order valence-electron chi connectivity index (χ3n) is 6.88. The molecule has 4 aromatic rings. The van der Waals surface area contributed by atoms with Crippen molar-refractivity contribution in [3.8, 4) is 11.5 Å². The zero-order valence-electron chi connectivity index (χ0n) is 22.0. The molecule has 1 aliphatic rings. The van der Waals surface area contributed by atoms with Crippen molar-refractivity contribution >= 4 is 16.6 Å². The van der Waals surface area contributed by atoms with Crippen LogP contribution in [-0.4, -0.2) is 83.7 Å². The topological polar surface area (TPSA) is 111 Å². The van der Waals surface area contributed by atoms with Crippen molar-refractivity contribution in [1.29, 1.82) is 0 Å². The van der Waals surface area contributed by atoms with Crippen LogP contribution in [0.4, 0.5) is 5.69 Å². The van der Waals surface area contributed by atoms with Crippen LogP contribution >= 0.6 is 0 Å². The Kier molecular flexibility index (Phi) is 7.85. The maximum absolute atomic E-state index is 13.5. The minimum Gasteiger partial charge on any atom is -0.497 e. The first-order chi connectivity index (χ1) is 18.6. The van der Waals surface area contributed by atoms with Gasteiger partial charge < -0.3 is 24.1 Å². The number of H-pyrrole nitrogens is 1. The predicted molar refractivity (Wildman–Crippen MR) is 144 cm³/mol. The Morgan fingerprint density at radius 2 is 1.76 bits per heavy atom. The first-order valence-electron chi connectivity index (χ1n) is 12.8. The van der Waals surface area contributed by atoms with Gasteiger partial charge in [0.1, 0.15) is 17.5 Å². The van der Waals surface area contributed by atoms with Crippen molar-refractivity contribution < 1.29 is 14.2 Å². The Balaban J connectivity index is 1.49. The number of benzene rings is 2. The predicted octanol–water partition coefficient (Wildman–Crippen LogP) is 2.48. The second kappa shape index (κ2) is 11.6. The standard InChI is InChI=1S/C27H33N7O4/c1-4-38-22-9-10-24-19(17-22)18-23(27(35)28-24)25(26-29-30-31-34(26)15-16-36-2)33-13-11-32(12-14-33)20-5-7-21(37-3)8-6-20/h5-10,17-18,25H,4,11-16H2,1-3H3,(H,28,35)/t25-/m0/s1. The van der Waals surface area contributed by atoms with Gasteiger partial charge in [-0.25, -0.2) is 4.68 Å². The molecule has 0 radical (unpaired) electrons. The Labute approximate surface area is 220 Å². The summed E-state index contributed by atoms with van der Waals surface area (Å²) in [6, 6.07) is 15.3. The lowest BCUT2D eigenvalue weighted by Gasteiger charge is -2.39. The highest BCUT2D eigenvalue weighted by Crippen LogP contribution is 2.30. The van der Waals surface area contributed by atoms with Crippen LogP contribution in [0.3, 0.4) is 0 Å². The van der Waals surface area contributed by atoms with Gasteiger partial charge in [0.2, 0.25) is 0 Å². The molecule has 200 valence electrons. The van der Waals surface area contributed by atoms with Crippen LogP contribution in [0.15, 0.2) is 53.3 Å². The number of aromatic nitrogens is 5. The maximum Gasteiger partial charge on any atom is 0.253 e. The zero-order valence-corrected chi connectivity index (χ0v) is 22.0. The van der Waals surface area contributed by atoms with E-state index in [2.05, 4.69) is 42.4 Å². The van der Waals surface area contributed by atoms with Gasteiger partial charge >= 0.3 is 0 Å². The number of nitrogens with one attached hydrogen (secondary N) is 1. The molecule has 2 aromatic heterocycles. The molecule has 1 N–H and O–H groups in total. The van der Waals surface area contributed by atoms with Crippen molar-refractivity contribution in [2.45, 2.75) is 19.5 Å². The minimum absolute atomic E-state index is 0.162. The summed E-state index contributed by atoms with van der Waals surface area (Å²) in [5, 5.41) is 13.4. The summed E-state index contributed by atoms with van der Waals surface area (Å²) in [6.45, 7) is 6.50. The average molecular weight is 520 g/mol. The number of pyridine rings is 1. The summed E-state index contributed by atoms with van der Waals surface area (Å²) in [6.07, 6.45) is 0. The second-order valence-corrected chi connectivity index (χ2v) is 9.11. The highest BCUT2D eigenvalue weighted by Gasteiger charge is 2.32. The van der Waals surface area contributed by atoms with Gasteiger partial charge in [0, 0.05) is 55.4 Å². The van der Waals surface area contributed by atoms with Gasteiger partial charge in [-0.05, 0) is 65.9 Å². The first kappa shape index (κ1) is 25.7. The summed E-state index contributed by atoms with van der Waals surface area (Å²) in [7, 11) is 3.31. The Hall–Kier alpha value is -3.96. The van der Waals surface area contributed by atoms with Crippen molar-refractivity contribution in [2.24, 2.45) is 0 Å². The highest BCUT2D eigenvalue weighted by atomic mass is 16.5. The number of anilines is 1. The van der Waals surface area contributed by atoms with Crippen LogP contribution in [0.1, 0.15) is 24.4 Å². The molecule has 2 aromatic carbocycles. The van der Waals surface area contributed by atoms with Gasteiger partial charge in [-0.3, -0.25) is 9.69 Å². The number of aromatic amines is 1. The molecule has 0 bridgehead atoms. The quantitative estimate of drug-likeness (QED) is 0.338. The molecular formula is C27H33N7O4. The van der Waals surface area contributed by atoms with Crippen LogP contribution in [0, 0.1) is 0 Å². The number of rotatable bonds is 10. The number of tetrazole rings is 1. The fraction of sp³-hybridized carbons (Fsp3) is 0.407. The Morgan fingerprint density at radius 3 is 2.47 bits per heavy atom. The number of nitrogens with zero attached hydrogens (tertiary/aromatic N) is 6. The fourth-order valence-electron chi connectivity index (χ4n) is 4.94. The Morgan fingerprint density at radius 1 is 1.00 bits per heavy atom. The molecule has 0 saturated carbocycles. The lowest BCUT2D eigenvalue weighted by Crippen LogP contribution is -2.49. The maximum atomic E-state index is 13.5. The number of fused-ring (bicyclic) bond motifs is 1. The van der Waals surface area contributed by atoms with E-state index >= 15 is 0 Å². The van der Waals surface area contributed by atoms with E-state index in [1.807, 2.05) is 43.3 Å². The van der Waals surface area contributed by atoms with E-state index in [4.69, 9.17) is 14.2 Å². The van der Waals surface area contributed by atoms with Crippen molar-refractivity contribution in [1.82, 2.24) is 30.1 Å². The molecular weight excluding hydrogens is 486 g/mol. The molecule has 1 saturated heterocycles. The van der Waals surface area contributed by atoms with Crippen LogP contribution in [-0.2, 0) is 11.3 Å². The lowest BCUT2D eigenvalue weighted by atomic mass is 10.0. The van der Waals surface area contributed by atoms with E-state index in [-0.39, 0.29) is 5.56 Å². The van der Waals surface area contributed by atoms with Gasteiger partial charge in [0.05, 0.1) is 26.9 Å². The molecule has 1 fully saturated rings. The average Bonchev–Trinajstić information content (AvgIpc) is 3.41. The van der Waals surface area contributed by atoms with Crippen LogP contribution in [0.25, 0.3) is 10.9 Å². The summed E-state index contributed by atoms with van der Waals surface area (Å²) >= 11 is 0. The molecule has 38 heavy (non-hydrogen) atoms. The molecule has 5 rings (SSSR count). The van der Waals surface area contributed by atoms with Gasteiger partial charge in [0.15, 0.2) is 5.82 Å². The summed E-state index contributed by atoms with van der Waals surface area (Å²) in [4.78, 5) is 21.1. The van der Waals surface area contributed by atoms with Crippen LogP contribution in [0.5, 0.6) is 11.5 Å². The van der Waals surface area contributed by atoms with Gasteiger partial charge in [-0.2, -0.15) is 0 Å². The fourth-order valence-corrected chi connectivity index (χ4v) is 4.94. The number of methoxy groups -OCH3 is 2. The third kappa shape index (κ3) is 5.34. The van der Waals surface area contributed by atoms with E-state index in [1.54, 1.807) is 18.9 Å². The number of hydrogen-bond acceptors (Lipinski definition) is 9. The van der Waals surface area contributed by atoms with Crippen molar-refractivity contribution in [3.63, 3.8) is 0 Å². The normalized spacial score (nSPS) is 15.1.